The Hall–Kier alpha value is -4.46. The lowest BCUT2D eigenvalue weighted by Gasteiger charge is -2.20. The van der Waals surface area contributed by atoms with E-state index in [1.807, 2.05) is 19.1 Å². The Morgan fingerprint density at radius 3 is 2.39 bits per heavy atom. The number of benzene rings is 2. The van der Waals surface area contributed by atoms with Crippen LogP contribution in [-0.2, 0) is 9.59 Å². The average molecular weight is 491 g/mol. The van der Waals surface area contributed by atoms with Gasteiger partial charge in [-0.3, -0.25) is 9.59 Å². The number of fused-ring (bicyclic) bond motifs is 1. The summed E-state index contributed by atoms with van der Waals surface area (Å²) in [5.74, 6) is -2.13. The molecule has 1 heterocycles. The summed E-state index contributed by atoms with van der Waals surface area (Å²) in [7, 11) is 1.52. The minimum atomic E-state index is -1.42. The summed E-state index contributed by atoms with van der Waals surface area (Å²) in [4.78, 5) is 36.1. The van der Waals surface area contributed by atoms with E-state index in [0.717, 1.165) is 11.1 Å². The predicted molar refractivity (Wildman–Crippen MR) is 137 cm³/mol. The van der Waals surface area contributed by atoms with Gasteiger partial charge in [0.15, 0.2) is 0 Å². The van der Waals surface area contributed by atoms with Crippen molar-refractivity contribution < 1.29 is 28.3 Å². The lowest BCUT2D eigenvalue weighted by atomic mass is 10.0. The zero-order valence-corrected chi connectivity index (χ0v) is 20.4. The van der Waals surface area contributed by atoms with E-state index in [2.05, 4.69) is 17.2 Å². The molecule has 7 nitrogen and oxygen atoms in total. The van der Waals surface area contributed by atoms with Gasteiger partial charge in [0.2, 0.25) is 0 Å². The van der Waals surface area contributed by atoms with Crippen LogP contribution in [0.25, 0.3) is 27.9 Å². The topological polar surface area (TPSA) is 109 Å². The van der Waals surface area contributed by atoms with E-state index in [1.165, 1.54) is 39.1 Å². The maximum atomic E-state index is 13.4. The number of carbonyl (C=O) groups excluding carboxylic acids is 2. The molecule has 0 saturated carbocycles. The number of carbonyl (C=O) groups is 3. The van der Waals surface area contributed by atoms with Crippen molar-refractivity contribution in [3.63, 3.8) is 0 Å². The fourth-order valence-electron chi connectivity index (χ4n) is 3.40. The molecule has 186 valence electrons. The number of hydrogen-bond donors (Lipinski definition) is 3. The van der Waals surface area contributed by atoms with Crippen molar-refractivity contribution in [2.75, 3.05) is 7.05 Å². The lowest BCUT2D eigenvalue weighted by Crippen LogP contribution is -2.49. The van der Waals surface area contributed by atoms with Crippen LogP contribution in [0, 0.1) is 5.82 Å². The van der Waals surface area contributed by atoms with Crippen molar-refractivity contribution in [1.82, 2.24) is 10.6 Å². The van der Waals surface area contributed by atoms with E-state index in [9.17, 15) is 18.8 Å². The molecule has 0 radical (unpaired) electrons. The number of allylic oxidation sites excluding steroid dienone is 3. The fourth-order valence-corrected chi connectivity index (χ4v) is 3.40. The molecule has 0 aliphatic carbocycles. The van der Waals surface area contributed by atoms with E-state index >= 15 is 0 Å². The molecule has 0 atom stereocenters. The molecule has 3 aromatic rings. The Kier molecular flexibility index (Phi) is 7.58. The first-order valence-electron chi connectivity index (χ1n) is 11.1. The molecule has 0 fully saturated rings. The van der Waals surface area contributed by atoms with Crippen molar-refractivity contribution in [3.8, 4) is 11.3 Å². The number of furan rings is 1. The first-order chi connectivity index (χ1) is 16.9. The highest BCUT2D eigenvalue weighted by Gasteiger charge is 2.29. The van der Waals surface area contributed by atoms with Crippen LogP contribution in [0.2, 0.25) is 0 Å². The normalized spacial score (nSPS) is 12.1. The van der Waals surface area contributed by atoms with Crippen LogP contribution in [0.3, 0.4) is 0 Å². The lowest BCUT2D eigenvalue weighted by molar-refractivity contribution is -0.145. The molecule has 0 aliphatic heterocycles. The summed E-state index contributed by atoms with van der Waals surface area (Å²) in [6.45, 7) is 8.32. The molecule has 3 rings (SSSR count). The first-order valence-corrected chi connectivity index (χ1v) is 11.1. The fraction of sp³-hybridized carbons (Fsp3) is 0.179. The van der Waals surface area contributed by atoms with Gasteiger partial charge < -0.3 is 20.2 Å². The van der Waals surface area contributed by atoms with Gasteiger partial charge >= 0.3 is 5.97 Å². The van der Waals surface area contributed by atoms with Crippen molar-refractivity contribution in [2.24, 2.45) is 0 Å². The molecule has 2 amide bonds. The molecule has 0 aliphatic rings. The highest BCUT2D eigenvalue weighted by molar-refractivity contribution is 6.11. The van der Waals surface area contributed by atoms with Gasteiger partial charge in [0.25, 0.3) is 11.8 Å². The van der Waals surface area contributed by atoms with Gasteiger partial charge in [0, 0.05) is 23.6 Å². The van der Waals surface area contributed by atoms with Crippen LogP contribution >= 0.6 is 0 Å². The molecule has 3 N–H and O–H groups in total. The number of carboxylic acids is 1. The Balaban J connectivity index is 1.91. The molecule has 0 unspecified atom stereocenters. The molecule has 1 aromatic heterocycles. The van der Waals surface area contributed by atoms with Gasteiger partial charge in [-0.1, -0.05) is 30.9 Å². The average Bonchev–Trinajstić information content (AvgIpc) is 3.22. The minimum Gasteiger partial charge on any atom is -0.480 e. The molecule has 8 heteroatoms. The maximum Gasteiger partial charge on any atom is 0.328 e. The Morgan fingerprint density at radius 2 is 1.78 bits per heavy atom. The number of amides is 2. The summed E-state index contributed by atoms with van der Waals surface area (Å²) in [5, 5.41) is 14.8. The van der Waals surface area contributed by atoms with Crippen LogP contribution in [0.1, 0.15) is 36.7 Å². The third-order valence-electron chi connectivity index (χ3n) is 5.60. The number of halogens is 1. The summed E-state index contributed by atoms with van der Waals surface area (Å²) in [5.41, 5.74) is 1.75. The van der Waals surface area contributed by atoms with E-state index in [1.54, 1.807) is 30.4 Å². The van der Waals surface area contributed by atoms with E-state index in [0.29, 0.717) is 27.9 Å². The molecule has 2 aromatic carbocycles. The highest BCUT2D eigenvalue weighted by Crippen LogP contribution is 2.35. The third-order valence-corrected chi connectivity index (χ3v) is 5.60. The minimum absolute atomic E-state index is 0.101. The van der Waals surface area contributed by atoms with Gasteiger partial charge in [-0.25, -0.2) is 9.18 Å². The summed E-state index contributed by atoms with van der Waals surface area (Å²) < 4.78 is 19.4. The van der Waals surface area contributed by atoms with E-state index in [4.69, 9.17) is 9.52 Å². The second-order valence-corrected chi connectivity index (χ2v) is 8.72. The number of hydrogen-bond acceptors (Lipinski definition) is 4. The summed E-state index contributed by atoms with van der Waals surface area (Å²) in [6, 6.07) is 11.1. The van der Waals surface area contributed by atoms with Crippen LogP contribution in [-0.4, -0.2) is 35.5 Å². The number of aliphatic carboxylic acids is 1. The van der Waals surface area contributed by atoms with Crippen molar-refractivity contribution >= 4 is 34.3 Å². The van der Waals surface area contributed by atoms with Crippen molar-refractivity contribution in [3.05, 3.63) is 89.8 Å². The molecular weight excluding hydrogens is 463 g/mol. The molecule has 0 spiro atoms. The van der Waals surface area contributed by atoms with E-state index < -0.39 is 23.2 Å². The molecule has 0 bridgehead atoms. The van der Waals surface area contributed by atoms with Crippen LogP contribution < -0.4 is 10.6 Å². The smallest absolute Gasteiger partial charge is 0.328 e. The zero-order valence-electron chi connectivity index (χ0n) is 20.4. The van der Waals surface area contributed by atoms with Gasteiger partial charge in [-0.05, 0) is 68.3 Å². The van der Waals surface area contributed by atoms with Gasteiger partial charge in [0.1, 0.15) is 22.7 Å². The van der Waals surface area contributed by atoms with Gasteiger partial charge in [-0.2, -0.15) is 0 Å². The monoisotopic (exact) mass is 490 g/mol. The van der Waals surface area contributed by atoms with E-state index in [-0.39, 0.29) is 11.5 Å². The standard InChI is InChI=1S/C28H27FN2O5/c1-16(7-6-8-17(2)25(32)31-28(3,4)27(34)35)19-11-14-22-21(15-19)23(26(33)30-5)24(36-22)18-9-12-20(29)13-10-18/h6-15H,2H2,1,3-5H3,(H,30,33)(H,31,32)(H,34,35)/b8-6-,16-7+. The van der Waals surface area contributed by atoms with Gasteiger partial charge in [0.05, 0.1) is 5.56 Å². The SMILES string of the molecule is C=C(/C=C\C=C(/C)c1ccc2oc(-c3ccc(F)cc3)c(C(=O)NC)c2c1)C(=O)NC(C)(C)C(=O)O. The largest absolute Gasteiger partial charge is 0.480 e. The molecule has 36 heavy (non-hydrogen) atoms. The van der Waals surface area contributed by atoms with Crippen LogP contribution in [0.4, 0.5) is 4.39 Å². The van der Waals surface area contributed by atoms with Crippen LogP contribution in [0.5, 0.6) is 0 Å². The number of carboxylic acid groups (broad SMARTS) is 1. The Bertz CT molecular complexity index is 1410. The zero-order chi connectivity index (χ0) is 26.6. The van der Waals surface area contributed by atoms with Crippen LogP contribution in [0.15, 0.2) is 77.3 Å². The molecule has 0 saturated heterocycles. The quantitative estimate of drug-likeness (QED) is 0.301. The number of rotatable bonds is 8. The molecular formula is C28H27FN2O5. The second kappa shape index (κ2) is 10.4. The highest BCUT2D eigenvalue weighted by atomic mass is 19.1. The van der Waals surface area contributed by atoms with Gasteiger partial charge in [-0.15, -0.1) is 0 Å². The Labute approximate surface area is 208 Å². The third kappa shape index (κ3) is 5.60. The summed E-state index contributed by atoms with van der Waals surface area (Å²) in [6.07, 6.45) is 4.88. The van der Waals surface area contributed by atoms with Crippen molar-refractivity contribution in [2.45, 2.75) is 26.3 Å². The van der Waals surface area contributed by atoms with Crippen molar-refractivity contribution in [1.29, 1.82) is 0 Å². The maximum absolute atomic E-state index is 13.4. The Morgan fingerprint density at radius 1 is 1.11 bits per heavy atom. The second-order valence-electron chi connectivity index (χ2n) is 8.72. The first kappa shape index (κ1) is 26.2. The predicted octanol–water partition coefficient (Wildman–Crippen LogP) is 5.09. The number of nitrogens with one attached hydrogen (secondary N) is 2. The summed E-state index contributed by atoms with van der Waals surface area (Å²) >= 11 is 0.